The van der Waals surface area contributed by atoms with E-state index in [-0.39, 0.29) is 0 Å². The maximum absolute atomic E-state index is 6.28. The highest BCUT2D eigenvalue weighted by Crippen LogP contribution is 2.21. The predicted molar refractivity (Wildman–Crippen MR) is 230 cm³/mol. The van der Waals surface area contributed by atoms with Gasteiger partial charge in [0.25, 0.3) is 0 Å². The van der Waals surface area contributed by atoms with Crippen molar-refractivity contribution < 1.29 is 9.47 Å². The number of ether oxygens (including phenoxy) is 2. The first-order chi connectivity index (χ1) is 25.2. The summed E-state index contributed by atoms with van der Waals surface area (Å²) in [5.41, 5.74) is 0. The van der Waals surface area contributed by atoms with Gasteiger partial charge in [0.15, 0.2) is 0 Å². The van der Waals surface area contributed by atoms with E-state index in [4.69, 9.17) is 9.47 Å². The Kier molecular flexibility index (Phi) is 44.2. The standard InChI is InChI=1S/C48H99NO2/c1-6-11-16-20-22-30-38-47(36-28-18-13-8-3)45-50-43-34-26-24-32-41-49(40-15-10-5)42-33-25-27-35-44-51-46-48(37-29-19-14-9-4)39-31-23-21-17-12-7-2/h47-48H,6-46H2,1-5H3. The fraction of sp³-hybridized carbons (Fsp3) is 1.00. The second-order valence-electron chi connectivity index (χ2n) is 16.7. The Morgan fingerprint density at radius 2 is 0.569 bits per heavy atom. The molecule has 3 heteroatoms. The number of unbranched alkanes of at least 4 members (excludes halogenated alkanes) is 23. The molecule has 0 heterocycles. The van der Waals surface area contributed by atoms with Gasteiger partial charge in [-0.2, -0.15) is 0 Å². The summed E-state index contributed by atoms with van der Waals surface area (Å²) in [6.07, 6.45) is 46.8. The molecular formula is C48H99NO2. The monoisotopic (exact) mass is 722 g/mol. The third-order valence-electron chi connectivity index (χ3n) is 11.4. The van der Waals surface area contributed by atoms with Gasteiger partial charge in [-0.05, 0) is 89.3 Å². The van der Waals surface area contributed by atoms with Crippen LogP contribution in [0.2, 0.25) is 0 Å². The molecule has 0 spiro atoms. The summed E-state index contributed by atoms with van der Waals surface area (Å²) in [4.78, 5) is 2.77. The maximum atomic E-state index is 6.28. The first kappa shape index (κ1) is 50.9. The first-order valence-corrected chi connectivity index (χ1v) is 24.1. The van der Waals surface area contributed by atoms with Crippen molar-refractivity contribution in [1.29, 1.82) is 0 Å². The Hall–Kier alpha value is -0.120. The molecule has 0 N–H and O–H groups in total. The van der Waals surface area contributed by atoms with Crippen LogP contribution >= 0.6 is 0 Å². The molecular weight excluding hydrogens is 623 g/mol. The number of hydrogen-bond acceptors (Lipinski definition) is 3. The Bertz CT molecular complexity index is 564. The van der Waals surface area contributed by atoms with Gasteiger partial charge in [0.1, 0.15) is 0 Å². The average Bonchev–Trinajstić information content (AvgIpc) is 3.14. The van der Waals surface area contributed by atoms with Crippen molar-refractivity contribution in [3.63, 3.8) is 0 Å². The fourth-order valence-corrected chi connectivity index (χ4v) is 7.77. The SMILES string of the molecule is CCCCCCCCC(CCCCCC)COCCCCCCN(CCCC)CCCCCCOCC(CCCCCC)CCCCCCCC. The third-order valence-corrected chi connectivity index (χ3v) is 11.4. The molecule has 0 aromatic heterocycles. The van der Waals surface area contributed by atoms with E-state index in [1.165, 1.54) is 238 Å². The van der Waals surface area contributed by atoms with Crippen LogP contribution in [0.25, 0.3) is 0 Å². The second kappa shape index (κ2) is 44.3. The van der Waals surface area contributed by atoms with Gasteiger partial charge in [-0.15, -0.1) is 0 Å². The molecule has 0 amide bonds. The smallest absolute Gasteiger partial charge is 0.0494 e. The zero-order valence-corrected chi connectivity index (χ0v) is 36.4. The van der Waals surface area contributed by atoms with Gasteiger partial charge in [0, 0.05) is 26.4 Å². The van der Waals surface area contributed by atoms with E-state index in [1.807, 2.05) is 0 Å². The molecule has 308 valence electrons. The Morgan fingerprint density at radius 3 is 0.941 bits per heavy atom. The van der Waals surface area contributed by atoms with Crippen molar-refractivity contribution >= 4 is 0 Å². The zero-order valence-electron chi connectivity index (χ0n) is 36.4. The zero-order chi connectivity index (χ0) is 37.1. The van der Waals surface area contributed by atoms with Crippen molar-refractivity contribution in [3.05, 3.63) is 0 Å². The van der Waals surface area contributed by atoms with Crippen LogP contribution in [-0.2, 0) is 9.47 Å². The minimum absolute atomic E-state index is 0.796. The molecule has 0 aliphatic carbocycles. The van der Waals surface area contributed by atoms with Crippen LogP contribution in [0.1, 0.15) is 253 Å². The summed E-state index contributed by atoms with van der Waals surface area (Å²) in [7, 11) is 0. The highest BCUT2D eigenvalue weighted by molar-refractivity contribution is 4.63. The highest BCUT2D eigenvalue weighted by atomic mass is 16.5. The van der Waals surface area contributed by atoms with Crippen LogP contribution in [-0.4, -0.2) is 51.0 Å². The van der Waals surface area contributed by atoms with Crippen LogP contribution in [0.4, 0.5) is 0 Å². The summed E-state index contributed by atoms with van der Waals surface area (Å²) in [6.45, 7) is 19.5. The van der Waals surface area contributed by atoms with Gasteiger partial charge in [-0.1, -0.05) is 195 Å². The quantitative estimate of drug-likeness (QED) is 0.0584. The van der Waals surface area contributed by atoms with Crippen LogP contribution in [0.15, 0.2) is 0 Å². The molecule has 0 saturated heterocycles. The Labute approximate surface area is 324 Å². The molecule has 0 aromatic rings. The van der Waals surface area contributed by atoms with Crippen LogP contribution < -0.4 is 0 Å². The van der Waals surface area contributed by atoms with E-state index in [0.29, 0.717) is 0 Å². The number of rotatable bonds is 45. The van der Waals surface area contributed by atoms with Crippen LogP contribution in [0.3, 0.4) is 0 Å². The molecule has 0 aliphatic rings. The minimum atomic E-state index is 0.796. The van der Waals surface area contributed by atoms with Crippen molar-refractivity contribution in [2.24, 2.45) is 11.8 Å². The molecule has 0 aliphatic heterocycles. The van der Waals surface area contributed by atoms with E-state index >= 15 is 0 Å². The molecule has 0 aromatic carbocycles. The molecule has 0 radical (unpaired) electrons. The van der Waals surface area contributed by atoms with E-state index in [9.17, 15) is 0 Å². The van der Waals surface area contributed by atoms with Crippen molar-refractivity contribution in [1.82, 2.24) is 4.90 Å². The predicted octanol–water partition coefficient (Wildman–Crippen LogP) is 15.9. The third kappa shape index (κ3) is 39.4. The molecule has 2 atom stereocenters. The fourth-order valence-electron chi connectivity index (χ4n) is 7.77. The second-order valence-corrected chi connectivity index (χ2v) is 16.7. The lowest BCUT2D eigenvalue weighted by Gasteiger charge is -2.22. The molecule has 2 unspecified atom stereocenters. The normalized spacial score (nSPS) is 13.1. The summed E-state index contributed by atoms with van der Waals surface area (Å²) >= 11 is 0. The minimum Gasteiger partial charge on any atom is -0.381 e. The maximum Gasteiger partial charge on any atom is 0.0494 e. The molecule has 3 nitrogen and oxygen atoms in total. The number of hydrogen-bond donors (Lipinski definition) is 0. The Balaban J connectivity index is 4.09. The van der Waals surface area contributed by atoms with Gasteiger partial charge in [-0.25, -0.2) is 0 Å². The lowest BCUT2D eigenvalue weighted by atomic mass is 9.95. The van der Waals surface area contributed by atoms with Gasteiger partial charge in [0.05, 0.1) is 0 Å². The van der Waals surface area contributed by atoms with E-state index in [2.05, 4.69) is 39.5 Å². The molecule has 0 fully saturated rings. The first-order valence-electron chi connectivity index (χ1n) is 24.1. The molecule has 0 saturated carbocycles. The van der Waals surface area contributed by atoms with Crippen LogP contribution in [0.5, 0.6) is 0 Å². The van der Waals surface area contributed by atoms with Gasteiger partial charge in [0.2, 0.25) is 0 Å². The molecule has 51 heavy (non-hydrogen) atoms. The van der Waals surface area contributed by atoms with Gasteiger partial charge in [-0.3, -0.25) is 0 Å². The number of nitrogens with zero attached hydrogens (tertiary/aromatic N) is 1. The highest BCUT2D eigenvalue weighted by Gasteiger charge is 2.11. The molecule has 0 rings (SSSR count). The summed E-state index contributed by atoms with van der Waals surface area (Å²) < 4.78 is 12.6. The van der Waals surface area contributed by atoms with Gasteiger partial charge >= 0.3 is 0 Å². The lowest BCUT2D eigenvalue weighted by Crippen LogP contribution is -2.27. The van der Waals surface area contributed by atoms with Crippen molar-refractivity contribution in [2.45, 2.75) is 253 Å². The van der Waals surface area contributed by atoms with Crippen molar-refractivity contribution in [2.75, 3.05) is 46.1 Å². The average molecular weight is 722 g/mol. The summed E-state index contributed by atoms with van der Waals surface area (Å²) in [5, 5.41) is 0. The van der Waals surface area contributed by atoms with E-state index in [1.54, 1.807) is 0 Å². The van der Waals surface area contributed by atoms with Gasteiger partial charge < -0.3 is 14.4 Å². The lowest BCUT2D eigenvalue weighted by molar-refractivity contribution is 0.0875. The summed E-state index contributed by atoms with van der Waals surface area (Å²) in [6, 6.07) is 0. The Morgan fingerprint density at radius 1 is 0.294 bits per heavy atom. The van der Waals surface area contributed by atoms with Crippen molar-refractivity contribution in [3.8, 4) is 0 Å². The summed E-state index contributed by atoms with van der Waals surface area (Å²) in [5.74, 6) is 1.59. The van der Waals surface area contributed by atoms with E-state index in [0.717, 1.165) is 38.3 Å². The molecule has 0 bridgehead atoms. The largest absolute Gasteiger partial charge is 0.381 e. The van der Waals surface area contributed by atoms with E-state index < -0.39 is 0 Å². The van der Waals surface area contributed by atoms with Crippen LogP contribution in [0, 0.1) is 11.8 Å². The topological polar surface area (TPSA) is 21.7 Å².